The number of anilines is 1. The zero-order chi connectivity index (χ0) is 13.0. The van der Waals surface area contributed by atoms with Gasteiger partial charge in [0.05, 0.1) is 18.7 Å². The average molecular weight is 249 g/mol. The molecule has 0 amide bonds. The summed E-state index contributed by atoms with van der Waals surface area (Å²) in [4.78, 5) is 18.0. The molecule has 98 valence electrons. The number of nitrogens with two attached hydrogens (primary N) is 1. The van der Waals surface area contributed by atoms with Gasteiger partial charge in [-0.15, -0.1) is 0 Å². The molecule has 2 atom stereocenters. The molecule has 2 heterocycles. The van der Waals surface area contributed by atoms with Crippen LogP contribution >= 0.6 is 0 Å². The van der Waals surface area contributed by atoms with Gasteiger partial charge in [-0.1, -0.05) is 6.07 Å². The lowest BCUT2D eigenvalue weighted by Gasteiger charge is -2.37. The predicted octanol–water partition coefficient (Wildman–Crippen LogP) is 1.15. The quantitative estimate of drug-likeness (QED) is 0.814. The maximum absolute atomic E-state index is 11.7. The minimum atomic E-state index is -0.178. The minimum Gasteiger partial charge on any atom is -0.466 e. The standard InChI is InChI=1S/C13H19N3O2/c1-2-18-13(17)10-6-8-16(11(14)9-10)12-5-3-4-7-15-12/h3-5,7,10-11H,2,6,8-9,14H2,1H3. The van der Waals surface area contributed by atoms with Gasteiger partial charge in [0, 0.05) is 12.7 Å². The van der Waals surface area contributed by atoms with E-state index in [1.807, 2.05) is 30.0 Å². The highest BCUT2D eigenvalue weighted by atomic mass is 16.5. The molecular weight excluding hydrogens is 230 g/mol. The summed E-state index contributed by atoms with van der Waals surface area (Å²) in [5.41, 5.74) is 6.11. The van der Waals surface area contributed by atoms with Crippen molar-refractivity contribution in [3.05, 3.63) is 24.4 Å². The number of pyridine rings is 1. The number of aromatic nitrogens is 1. The number of nitrogens with zero attached hydrogens (tertiary/aromatic N) is 2. The van der Waals surface area contributed by atoms with Gasteiger partial charge in [-0.25, -0.2) is 4.98 Å². The molecule has 5 nitrogen and oxygen atoms in total. The monoisotopic (exact) mass is 249 g/mol. The van der Waals surface area contributed by atoms with Crippen molar-refractivity contribution < 1.29 is 9.53 Å². The largest absolute Gasteiger partial charge is 0.466 e. The van der Waals surface area contributed by atoms with Crippen LogP contribution in [-0.2, 0) is 9.53 Å². The van der Waals surface area contributed by atoms with Crippen molar-refractivity contribution in [2.24, 2.45) is 11.7 Å². The molecule has 1 aliphatic rings. The summed E-state index contributed by atoms with van der Waals surface area (Å²) in [5, 5.41) is 0. The van der Waals surface area contributed by atoms with Crippen LogP contribution in [0.15, 0.2) is 24.4 Å². The Morgan fingerprint density at radius 1 is 1.61 bits per heavy atom. The summed E-state index contributed by atoms with van der Waals surface area (Å²) in [7, 11) is 0. The van der Waals surface area contributed by atoms with E-state index in [0.29, 0.717) is 13.0 Å². The molecule has 2 N–H and O–H groups in total. The maximum Gasteiger partial charge on any atom is 0.309 e. The molecule has 0 aliphatic carbocycles. The van der Waals surface area contributed by atoms with Gasteiger partial charge in [0.25, 0.3) is 0 Å². The Labute approximate surface area is 107 Å². The summed E-state index contributed by atoms with van der Waals surface area (Å²) in [6, 6.07) is 5.75. The smallest absolute Gasteiger partial charge is 0.309 e. The van der Waals surface area contributed by atoms with Crippen molar-refractivity contribution in [1.29, 1.82) is 0 Å². The Hall–Kier alpha value is -1.62. The van der Waals surface area contributed by atoms with Crippen molar-refractivity contribution in [1.82, 2.24) is 4.98 Å². The number of hydrogen-bond acceptors (Lipinski definition) is 5. The zero-order valence-electron chi connectivity index (χ0n) is 10.6. The number of ether oxygens (including phenoxy) is 1. The van der Waals surface area contributed by atoms with Crippen LogP contribution in [0.4, 0.5) is 5.82 Å². The SMILES string of the molecule is CCOC(=O)C1CCN(c2ccccn2)C(N)C1. The summed E-state index contributed by atoms with van der Waals surface area (Å²) in [6.07, 6.45) is 2.96. The number of carbonyl (C=O) groups excluding carboxylic acids is 1. The van der Waals surface area contributed by atoms with E-state index in [1.54, 1.807) is 6.20 Å². The summed E-state index contributed by atoms with van der Waals surface area (Å²) in [5.74, 6) is 0.654. The van der Waals surface area contributed by atoms with Gasteiger partial charge in [0.2, 0.25) is 0 Å². The van der Waals surface area contributed by atoms with Crippen LogP contribution in [0.1, 0.15) is 19.8 Å². The molecule has 1 aromatic heterocycles. The third kappa shape index (κ3) is 2.79. The maximum atomic E-state index is 11.7. The summed E-state index contributed by atoms with van der Waals surface area (Å²) in [6.45, 7) is 2.98. The highest BCUT2D eigenvalue weighted by molar-refractivity contribution is 5.73. The first-order valence-electron chi connectivity index (χ1n) is 6.32. The molecule has 0 aromatic carbocycles. The first kappa shape index (κ1) is 12.8. The lowest BCUT2D eigenvalue weighted by Crippen LogP contribution is -2.50. The number of hydrogen-bond donors (Lipinski definition) is 1. The van der Waals surface area contributed by atoms with E-state index in [4.69, 9.17) is 10.5 Å². The number of carbonyl (C=O) groups is 1. The third-order valence-electron chi connectivity index (χ3n) is 3.21. The Bertz CT molecular complexity index is 396. The van der Waals surface area contributed by atoms with Crippen LogP contribution in [0.2, 0.25) is 0 Å². The Balaban J connectivity index is 1.99. The van der Waals surface area contributed by atoms with Crippen LogP contribution in [0, 0.1) is 5.92 Å². The molecule has 0 saturated carbocycles. The fourth-order valence-corrected chi connectivity index (χ4v) is 2.28. The van der Waals surface area contributed by atoms with Crippen molar-refractivity contribution in [3.63, 3.8) is 0 Å². The molecule has 0 radical (unpaired) electrons. The molecule has 1 saturated heterocycles. The summed E-state index contributed by atoms with van der Waals surface area (Å²) < 4.78 is 5.04. The molecule has 5 heteroatoms. The molecule has 2 rings (SSSR count). The molecular formula is C13H19N3O2. The van der Waals surface area contributed by atoms with Crippen LogP contribution < -0.4 is 10.6 Å². The first-order valence-corrected chi connectivity index (χ1v) is 6.32. The van der Waals surface area contributed by atoms with Crippen LogP contribution in [0.3, 0.4) is 0 Å². The van der Waals surface area contributed by atoms with Gasteiger partial charge in [0.1, 0.15) is 5.82 Å². The fourth-order valence-electron chi connectivity index (χ4n) is 2.28. The van der Waals surface area contributed by atoms with Crippen molar-refractivity contribution in [3.8, 4) is 0 Å². The lowest BCUT2D eigenvalue weighted by atomic mass is 9.94. The first-order chi connectivity index (χ1) is 8.72. The van der Waals surface area contributed by atoms with Gasteiger partial charge in [-0.05, 0) is 31.9 Å². The van der Waals surface area contributed by atoms with E-state index in [2.05, 4.69) is 4.98 Å². The fraction of sp³-hybridized carbons (Fsp3) is 0.538. The summed E-state index contributed by atoms with van der Waals surface area (Å²) >= 11 is 0. The second-order valence-corrected chi connectivity index (χ2v) is 4.42. The highest BCUT2D eigenvalue weighted by Gasteiger charge is 2.31. The van der Waals surface area contributed by atoms with E-state index in [9.17, 15) is 4.79 Å². The van der Waals surface area contributed by atoms with E-state index >= 15 is 0 Å². The Morgan fingerprint density at radius 3 is 3.06 bits per heavy atom. The number of piperidine rings is 1. The lowest BCUT2D eigenvalue weighted by molar-refractivity contribution is -0.149. The van der Waals surface area contributed by atoms with Crippen molar-refractivity contribution in [2.45, 2.75) is 25.9 Å². The van der Waals surface area contributed by atoms with E-state index in [0.717, 1.165) is 18.8 Å². The number of esters is 1. The van der Waals surface area contributed by atoms with Gasteiger partial charge >= 0.3 is 5.97 Å². The van der Waals surface area contributed by atoms with Crippen LogP contribution in [-0.4, -0.2) is 30.3 Å². The van der Waals surface area contributed by atoms with E-state index in [-0.39, 0.29) is 18.1 Å². The molecule has 2 unspecified atom stereocenters. The molecule has 1 aliphatic heterocycles. The van der Waals surface area contributed by atoms with Gasteiger partial charge in [-0.3, -0.25) is 4.79 Å². The van der Waals surface area contributed by atoms with Gasteiger partial charge in [-0.2, -0.15) is 0 Å². The highest BCUT2D eigenvalue weighted by Crippen LogP contribution is 2.25. The number of rotatable bonds is 3. The molecule has 18 heavy (non-hydrogen) atoms. The third-order valence-corrected chi connectivity index (χ3v) is 3.21. The van der Waals surface area contributed by atoms with Crippen LogP contribution in [0.5, 0.6) is 0 Å². The molecule has 0 spiro atoms. The van der Waals surface area contributed by atoms with E-state index < -0.39 is 0 Å². The minimum absolute atomic E-state index is 0.0834. The Morgan fingerprint density at radius 2 is 2.44 bits per heavy atom. The second kappa shape index (κ2) is 5.82. The Kier molecular flexibility index (Phi) is 4.15. The molecule has 1 aromatic rings. The van der Waals surface area contributed by atoms with Gasteiger partial charge < -0.3 is 15.4 Å². The van der Waals surface area contributed by atoms with E-state index in [1.165, 1.54) is 0 Å². The topological polar surface area (TPSA) is 68.5 Å². The van der Waals surface area contributed by atoms with Crippen LogP contribution in [0.25, 0.3) is 0 Å². The zero-order valence-corrected chi connectivity index (χ0v) is 10.6. The molecule has 1 fully saturated rings. The van der Waals surface area contributed by atoms with Gasteiger partial charge in [0.15, 0.2) is 0 Å². The predicted molar refractivity (Wildman–Crippen MR) is 68.9 cm³/mol. The average Bonchev–Trinajstić information content (AvgIpc) is 2.40. The van der Waals surface area contributed by atoms with Crippen molar-refractivity contribution >= 4 is 11.8 Å². The molecule has 0 bridgehead atoms. The van der Waals surface area contributed by atoms with Crippen molar-refractivity contribution in [2.75, 3.05) is 18.1 Å². The second-order valence-electron chi connectivity index (χ2n) is 4.42. The normalized spacial score (nSPS) is 23.8.